The van der Waals surface area contributed by atoms with Crippen molar-refractivity contribution >= 4 is 17.5 Å². The molecule has 9 nitrogen and oxygen atoms in total. The Balaban J connectivity index is 1.95. The lowest BCUT2D eigenvalue weighted by atomic mass is 10.1. The number of hydrogen-bond acceptors (Lipinski definition) is 7. The molecule has 2 N–H and O–H groups in total. The molecule has 0 aliphatic carbocycles. The second kappa shape index (κ2) is 10.7. The average molecular weight is 415 g/mol. The van der Waals surface area contributed by atoms with Crippen molar-refractivity contribution in [3.63, 3.8) is 0 Å². The molecule has 2 aromatic rings. The van der Waals surface area contributed by atoms with Crippen LogP contribution in [0.15, 0.2) is 41.5 Å². The number of carbonyl (C=O) groups is 2. The van der Waals surface area contributed by atoms with Crippen molar-refractivity contribution in [1.82, 2.24) is 10.7 Å². The summed E-state index contributed by atoms with van der Waals surface area (Å²) in [6.07, 6.45) is 0. The highest BCUT2D eigenvalue weighted by molar-refractivity contribution is 6.00. The smallest absolute Gasteiger partial charge is 0.259 e. The molecule has 0 aromatic heterocycles. The molecule has 0 fully saturated rings. The van der Waals surface area contributed by atoms with Crippen LogP contribution in [-0.4, -0.2) is 52.5 Å². The number of amides is 2. The summed E-state index contributed by atoms with van der Waals surface area (Å²) in [5.41, 5.74) is 4.07. The van der Waals surface area contributed by atoms with Crippen molar-refractivity contribution in [3.05, 3.63) is 47.5 Å². The van der Waals surface area contributed by atoms with E-state index in [-0.39, 0.29) is 6.54 Å². The van der Waals surface area contributed by atoms with Gasteiger partial charge < -0.3 is 24.3 Å². The van der Waals surface area contributed by atoms with E-state index in [2.05, 4.69) is 15.8 Å². The second-order valence-corrected chi connectivity index (χ2v) is 6.05. The van der Waals surface area contributed by atoms with Gasteiger partial charge in [-0.3, -0.25) is 9.59 Å². The van der Waals surface area contributed by atoms with Gasteiger partial charge in [-0.15, -0.1) is 0 Å². The molecule has 0 saturated carbocycles. The molecule has 0 aliphatic heterocycles. The fourth-order valence-corrected chi connectivity index (χ4v) is 2.55. The monoisotopic (exact) mass is 415 g/mol. The topological polar surface area (TPSA) is 107 Å². The van der Waals surface area contributed by atoms with Crippen molar-refractivity contribution in [3.8, 4) is 23.0 Å². The Hall–Kier alpha value is -3.75. The molecule has 0 bridgehead atoms. The molecule has 0 saturated heterocycles. The molecule has 2 amide bonds. The largest absolute Gasteiger partial charge is 0.493 e. The average Bonchev–Trinajstić information content (AvgIpc) is 2.79. The van der Waals surface area contributed by atoms with Gasteiger partial charge in [0.25, 0.3) is 11.8 Å². The van der Waals surface area contributed by atoms with Crippen LogP contribution in [0.1, 0.15) is 22.8 Å². The molecular formula is C21H25N3O6. The van der Waals surface area contributed by atoms with Crippen LogP contribution in [0.25, 0.3) is 0 Å². The second-order valence-electron chi connectivity index (χ2n) is 6.05. The van der Waals surface area contributed by atoms with Crippen molar-refractivity contribution in [2.24, 2.45) is 5.10 Å². The molecule has 0 aliphatic rings. The Kier molecular flexibility index (Phi) is 8.04. The van der Waals surface area contributed by atoms with Crippen LogP contribution in [0.4, 0.5) is 0 Å². The van der Waals surface area contributed by atoms with E-state index in [0.717, 1.165) is 5.56 Å². The lowest BCUT2D eigenvalue weighted by Crippen LogP contribution is -2.35. The Morgan fingerprint density at radius 2 is 1.30 bits per heavy atom. The van der Waals surface area contributed by atoms with E-state index in [1.165, 1.54) is 27.4 Å². The number of benzene rings is 2. The molecule has 2 rings (SSSR count). The van der Waals surface area contributed by atoms with E-state index in [0.29, 0.717) is 34.3 Å². The molecule has 9 heteroatoms. The minimum atomic E-state index is -0.469. The number of hydrazone groups is 1. The first kappa shape index (κ1) is 22.5. The van der Waals surface area contributed by atoms with Crippen LogP contribution >= 0.6 is 0 Å². The zero-order chi connectivity index (χ0) is 22.1. The summed E-state index contributed by atoms with van der Waals surface area (Å²) in [7, 11) is 6.07. The fourth-order valence-electron chi connectivity index (χ4n) is 2.55. The lowest BCUT2D eigenvalue weighted by molar-refractivity contribution is -0.120. The summed E-state index contributed by atoms with van der Waals surface area (Å²) >= 11 is 0. The van der Waals surface area contributed by atoms with E-state index >= 15 is 0 Å². The zero-order valence-electron chi connectivity index (χ0n) is 17.6. The molecule has 0 radical (unpaired) electrons. The number of hydrogen-bond donors (Lipinski definition) is 2. The molecule has 2 aromatic carbocycles. The third-order valence-corrected chi connectivity index (χ3v) is 4.20. The minimum absolute atomic E-state index is 0.240. The lowest BCUT2D eigenvalue weighted by Gasteiger charge is -2.10. The molecule has 0 heterocycles. The zero-order valence-corrected chi connectivity index (χ0v) is 17.6. The Morgan fingerprint density at radius 3 is 1.83 bits per heavy atom. The minimum Gasteiger partial charge on any atom is -0.493 e. The summed E-state index contributed by atoms with van der Waals surface area (Å²) < 4.78 is 20.8. The van der Waals surface area contributed by atoms with Crippen LogP contribution in [0, 0.1) is 0 Å². The summed E-state index contributed by atoms with van der Waals surface area (Å²) in [4.78, 5) is 24.3. The van der Waals surface area contributed by atoms with Crippen LogP contribution in [0.5, 0.6) is 23.0 Å². The first-order chi connectivity index (χ1) is 14.4. The van der Waals surface area contributed by atoms with Crippen LogP contribution < -0.4 is 29.7 Å². The van der Waals surface area contributed by atoms with Gasteiger partial charge in [-0.25, -0.2) is 5.43 Å². The number of nitrogens with zero attached hydrogens (tertiary/aromatic N) is 1. The van der Waals surface area contributed by atoms with Gasteiger partial charge in [0, 0.05) is 11.1 Å². The molecule has 0 unspecified atom stereocenters. The third-order valence-electron chi connectivity index (χ3n) is 4.20. The van der Waals surface area contributed by atoms with Crippen LogP contribution in [0.2, 0.25) is 0 Å². The van der Waals surface area contributed by atoms with Gasteiger partial charge in [-0.1, -0.05) is 0 Å². The maximum atomic E-state index is 12.3. The standard InChI is InChI=1S/C21H25N3O6/c1-13(14-6-8-16(27-2)18(10-14)29-4)23-24-20(25)12-22-21(26)15-7-9-17(28-3)19(11-15)30-5/h6-11H,12H2,1-5H3,(H,22,26)(H,24,25)/b23-13-. The van der Waals surface area contributed by atoms with E-state index in [1.807, 2.05) is 0 Å². The van der Waals surface area contributed by atoms with Gasteiger partial charge in [0.15, 0.2) is 23.0 Å². The number of methoxy groups -OCH3 is 4. The van der Waals surface area contributed by atoms with E-state index < -0.39 is 11.8 Å². The Labute approximate surface area is 175 Å². The molecule has 160 valence electrons. The normalized spacial score (nSPS) is 10.8. The Bertz CT molecular complexity index is 942. The molecular weight excluding hydrogens is 390 g/mol. The van der Waals surface area contributed by atoms with Crippen LogP contribution in [0.3, 0.4) is 0 Å². The number of rotatable bonds is 9. The van der Waals surface area contributed by atoms with Crippen molar-refractivity contribution in [1.29, 1.82) is 0 Å². The summed E-state index contributed by atoms with van der Waals surface area (Å²) in [5.74, 6) is 1.18. The van der Waals surface area contributed by atoms with Gasteiger partial charge >= 0.3 is 0 Å². The molecule has 30 heavy (non-hydrogen) atoms. The highest BCUT2D eigenvalue weighted by Crippen LogP contribution is 2.28. The summed E-state index contributed by atoms with van der Waals surface area (Å²) in [6.45, 7) is 1.50. The van der Waals surface area contributed by atoms with Gasteiger partial charge in [0.1, 0.15) is 0 Å². The highest BCUT2D eigenvalue weighted by atomic mass is 16.5. The predicted molar refractivity (Wildman–Crippen MR) is 112 cm³/mol. The number of carbonyl (C=O) groups excluding carboxylic acids is 2. The van der Waals surface area contributed by atoms with E-state index in [4.69, 9.17) is 18.9 Å². The van der Waals surface area contributed by atoms with Gasteiger partial charge in [0.05, 0.1) is 40.7 Å². The van der Waals surface area contributed by atoms with Gasteiger partial charge in [0.2, 0.25) is 0 Å². The molecule has 0 atom stereocenters. The van der Waals surface area contributed by atoms with Crippen LogP contribution in [-0.2, 0) is 4.79 Å². The quantitative estimate of drug-likeness (QED) is 0.479. The number of ether oxygens (including phenoxy) is 4. The van der Waals surface area contributed by atoms with E-state index in [1.54, 1.807) is 44.4 Å². The SMILES string of the molecule is COc1ccc(C(=O)NCC(=O)N/N=C(/C)c2ccc(OC)c(OC)c2)cc1OC. The highest BCUT2D eigenvalue weighted by Gasteiger charge is 2.12. The van der Waals surface area contributed by atoms with Crippen molar-refractivity contribution in [2.75, 3.05) is 35.0 Å². The van der Waals surface area contributed by atoms with Gasteiger partial charge in [-0.2, -0.15) is 5.10 Å². The Morgan fingerprint density at radius 1 is 0.800 bits per heavy atom. The van der Waals surface area contributed by atoms with E-state index in [9.17, 15) is 9.59 Å². The summed E-state index contributed by atoms with van der Waals surface area (Å²) in [5, 5.41) is 6.59. The van der Waals surface area contributed by atoms with Gasteiger partial charge in [-0.05, 0) is 43.3 Å². The predicted octanol–water partition coefficient (Wildman–Crippen LogP) is 1.99. The van der Waals surface area contributed by atoms with Crippen molar-refractivity contribution < 1.29 is 28.5 Å². The number of nitrogens with one attached hydrogen (secondary N) is 2. The maximum Gasteiger partial charge on any atom is 0.259 e. The maximum absolute atomic E-state index is 12.3. The first-order valence-electron chi connectivity index (χ1n) is 8.99. The molecule has 0 spiro atoms. The fraction of sp³-hybridized carbons (Fsp3) is 0.286. The van der Waals surface area contributed by atoms with Crippen molar-refractivity contribution in [2.45, 2.75) is 6.92 Å². The first-order valence-corrected chi connectivity index (χ1v) is 8.99. The third kappa shape index (κ3) is 5.63. The summed E-state index contributed by atoms with van der Waals surface area (Å²) in [6, 6.07) is 10.0.